The van der Waals surface area contributed by atoms with Gasteiger partial charge in [0.2, 0.25) is 0 Å². The molecular weight excluding hydrogens is 234 g/mol. The second kappa shape index (κ2) is 4.25. The fraction of sp³-hybridized carbons (Fsp3) is 0.125. The van der Waals surface area contributed by atoms with Crippen LogP contribution in [0.1, 0.15) is 16.8 Å². The minimum absolute atomic E-state index is 0.582. The normalized spacial score (nSPS) is 10.6. The van der Waals surface area contributed by atoms with Gasteiger partial charge in [0.05, 0.1) is 0 Å². The van der Waals surface area contributed by atoms with Crippen molar-refractivity contribution >= 4 is 5.65 Å². The highest BCUT2D eigenvalue weighted by Crippen LogP contribution is 2.24. The van der Waals surface area contributed by atoms with E-state index in [0.717, 1.165) is 22.5 Å². The van der Waals surface area contributed by atoms with E-state index >= 15 is 0 Å². The van der Waals surface area contributed by atoms with E-state index < -0.39 is 0 Å². The number of hydrogen-bond acceptors (Lipinski definition) is 2. The summed E-state index contributed by atoms with van der Waals surface area (Å²) in [6.07, 6.45) is 1.90. The molecule has 3 heteroatoms. The summed E-state index contributed by atoms with van der Waals surface area (Å²) in [5.74, 6) is 0. The van der Waals surface area contributed by atoms with Crippen LogP contribution in [0.25, 0.3) is 16.9 Å². The Morgan fingerprint density at radius 3 is 2.47 bits per heavy atom. The lowest BCUT2D eigenvalue weighted by atomic mass is 10.1. The molecule has 1 aromatic carbocycles. The van der Waals surface area contributed by atoms with E-state index in [-0.39, 0.29) is 0 Å². The third-order valence-electron chi connectivity index (χ3n) is 3.21. The summed E-state index contributed by atoms with van der Waals surface area (Å²) in [5, 5.41) is 9.38. The van der Waals surface area contributed by atoms with E-state index in [0.29, 0.717) is 5.69 Å². The number of nitrogens with zero attached hydrogens (tertiary/aromatic N) is 3. The highest BCUT2D eigenvalue weighted by atomic mass is 15.0. The SMILES string of the molecule is Cc1ccc(-c2nc3cc(C)ccn3c2C#N)cc1. The average Bonchev–Trinajstić information content (AvgIpc) is 2.77. The van der Waals surface area contributed by atoms with Crippen molar-refractivity contribution in [1.82, 2.24) is 9.38 Å². The number of fused-ring (bicyclic) bond motifs is 1. The van der Waals surface area contributed by atoms with Crippen LogP contribution < -0.4 is 0 Å². The number of imidazole rings is 1. The molecule has 2 heterocycles. The molecule has 0 radical (unpaired) electrons. The maximum atomic E-state index is 9.38. The zero-order valence-corrected chi connectivity index (χ0v) is 10.9. The van der Waals surface area contributed by atoms with E-state index in [4.69, 9.17) is 0 Å². The predicted molar refractivity (Wildman–Crippen MR) is 74.8 cm³/mol. The van der Waals surface area contributed by atoms with Crippen LogP contribution in [-0.4, -0.2) is 9.38 Å². The van der Waals surface area contributed by atoms with Gasteiger partial charge in [-0.05, 0) is 31.5 Å². The van der Waals surface area contributed by atoms with Gasteiger partial charge >= 0.3 is 0 Å². The molecule has 0 saturated carbocycles. The third kappa shape index (κ3) is 1.88. The van der Waals surface area contributed by atoms with Gasteiger partial charge in [-0.3, -0.25) is 4.40 Å². The zero-order chi connectivity index (χ0) is 13.4. The molecule has 0 spiro atoms. The summed E-state index contributed by atoms with van der Waals surface area (Å²) in [6.45, 7) is 4.06. The summed E-state index contributed by atoms with van der Waals surface area (Å²) < 4.78 is 1.84. The number of aryl methyl sites for hydroxylation is 2. The number of hydrogen-bond donors (Lipinski definition) is 0. The second-order valence-electron chi connectivity index (χ2n) is 4.72. The molecule has 0 atom stereocenters. The minimum Gasteiger partial charge on any atom is -0.291 e. The highest BCUT2D eigenvalue weighted by molar-refractivity contribution is 5.69. The van der Waals surface area contributed by atoms with Crippen molar-refractivity contribution in [2.75, 3.05) is 0 Å². The van der Waals surface area contributed by atoms with E-state index in [1.165, 1.54) is 5.56 Å². The Labute approximate surface area is 111 Å². The zero-order valence-electron chi connectivity index (χ0n) is 10.9. The lowest BCUT2D eigenvalue weighted by molar-refractivity contribution is 1.14. The van der Waals surface area contributed by atoms with Crippen LogP contribution >= 0.6 is 0 Å². The molecule has 0 N–H and O–H groups in total. The van der Waals surface area contributed by atoms with Crippen LogP contribution in [0.4, 0.5) is 0 Å². The van der Waals surface area contributed by atoms with Crippen LogP contribution in [0.2, 0.25) is 0 Å². The fourth-order valence-corrected chi connectivity index (χ4v) is 2.17. The van der Waals surface area contributed by atoms with Crippen molar-refractivity contribution in [2.45, 2.75) is 13.8 Å². The number of pyridine rings is 1. The van der Waals surface area contributed by atoms with E-state index in [2.05, 4.69) is 11.1 Å². The number of rotatable bonds is 1. The Morgan fingerprint density at radius 1 is 1.05 bits per heavy atom. The number of benzene rings is 1. The molecule has 0 amide bonds. The maximum absolute atomic E-state index is 9.38. The van der Waals surface area contributed by atoms with Gasteiger partial charge in [0.25, 0.3) is 0 Å². The van der Waals surface area contributed by atoms with Crippen molar-refractivity contribution in [2.24, 2.45) is 0 Å². The summed E-state index contributed by atoms with van der Waals surface area (Å²) in [6, 6.07) is 14.3. The number of aromatic nitrogens is 2. The monoisotopic (exact) mass is 247 g/mol. The Kier molecular flexibility index (Phi) is 2.57. The molecule has 3 nitrogen and oxygen atoms in total. The summed E-state index contributed by atoms with van der Waals surface area (Å²) in [4.78, 5) is 4.58. The molecule has 0 aliphatic carbocycles. The fourth-order valence-electron chi connectivity index (χ4n) is 2.17. The van der Waals surface area contributed by atoms with E-state index in [1.54, 1.807) is 0 Å². The Balaban J connectivity index is 2.29. The first-order valence-electron chi connectivity index (χ1n) is 6.15. The lowest BCUT2D eigenvalue weighted by Crippen LogP contribution is -1.89. The molecule has 3 rings (SSSR count). The maximum Gasteiger partial charge on any atom is 0.152 e. The summed E-state index contributed by atoms with van der Waals surface area (Å²) in [7, 11) is 0. The highest BCUT2D eigenvalue weighted by Gasteiger charge is 2.13. The van der Waals surface area contributed by atoms with Gasteiger partial charge in [-0.25, -0.2) is 4.98 Å². The Hall–Kier alpha value is -2.60. The minimum atomic E-state index is 0.582. The van der Waals surface area contributed by atoms with Crippen molar-refractivity contribution < 1.29 is 0 Å². The summed E-state index contributed by atoms with van der Waals surface area (Å²) >= 11 is 0. The molecule has 19 heavy (non-hydrogen) atoms. The van der Waals surface area contributed by atoms with Crippen LogP contribution in [0.3, 0.4) is 0 Å². The first kappa shape index (κ1) is 11.5. The standard InChI is InChI=1S/C16H13N3/c1-11-3-5-13(6-4-11)16-14(10-17)19-8-7-12(2)9-15(19)18-16/h3-9H,1-2H3. The van der Waals surface area contributed by atoms with Crippen LogP contribution in [0.5, 0.6) is 0 Å². The van der Waals surface area contributed by atoms with Gasteiger partial charge < -0.3 is 0 Å². The van der Waals surface area contributed by atoms with Crippen molar-refractivity contribution in [3.63, 3.8) is 0 Å². The van der Waals surface area contributed by atoms with Crippen LogP contribution in [0, 0.1) is 25.2 Å². The molecule has 2 aromatic heterocycles. The first-order chi connectivity index (χ1) is 9.19. The Bertz CT molecular complexity index is 789. The average molecular weight is 247 g/mol. The molecule has 0 saturated heterocycles. The molecule has 3 aromatic rings. The van der Waals surface area contributed by atoms with Crippen molar-refractivity contribution in [1.29, 1.82) is 5.26 Å². The Morgan fingerprint density at radius 2 is 1.79 bits per heavy atom. The van der Waals surface area contributed by atoms with Crippen molar-refractivity contribution in [3.05, 3.63) is 59.4 Å². The molecular formula is C16H13N3. The molecule has 0 aliphatic rings. The smallest absolute Gasteiger partial charge is 0.152 e. The van der Waals surface area contributed by atoms with Gasteiger partial charge in [0, 0.05) is 11.8 Å². The third-order valence-corrected chi connectivity index (χ3v) is 3.21. The largest absolute Gasteiger partial charge is 0.291 e. The van der Waals surface area contributed by atoms with Crippen molar-refractivity contribution in [3.8, 4) is 17.3 Å². The van der Waals surface area contributed by atoms with Gasteiger partial charge in [-0.2, -0.15) is 5.26 Å². The second-order valence-corrected chi connectivity index (χ2v) is 4.72. The predicted octanol–water partition coefficient (Wildman–Crippen LogP) is 3.49. The van der Waals surface area contributed by atoms with Gasteiger partial charge in [-0.1, -0.05) is 29.8 Å². The molecule has 0 aliphatic heterocycles. The lowest BCUT2D eigenvalue weighted by Gasteiger charge is -1.98. The van der Waals surface area contributed by atoms with Crippen LogP contribution in [0.15, 0.2) is 42.6 Å². The van der Waals surface area contributed by atoms with Crippen LogP contribution in [-0.2, 0) is 0 Å². The van der Waals surface area contributed by atoms with Gasteiger partial charge in [-0.15, -0.1) is 0 Å². The van der Waals surface area contributed by atoms with E-state index in [9.17, 15) is 5.26 Å². The van der Waals surface area contributed by atoms with Gasteiger partial charge in [0.1, 0.15) is 17.4 Å². The van der Waals surface area contributed by atoms with E-state index in [1.807, 2.05) is 60.8 Å². The topological polar surface area (TPSA) is 41.1 Å². The van der Waals surface area contributed by atoms with Gasteiger partial charge in [0.15, 0.2) is 5.69 Å². The molecule has 0 unspecified atom stereocenters. The molecule has 0 bridgehead atoms. The summed E-state index contributed by atoms with van der Waals surface area (Å²) in [5.41, 5.74) is 5.45. The molecule has 0 fully saturated rings. The number of nitriles is 1. The molecule has 92 valence electrons. The quantitative estimate of drug-likeness (QED) is 0.660. The first-order valence-corrected chi connectivity index (χ1v) is 6.15.